The molecule has 79 heavy (non-hydrogen) atoms. The highest BCUT2D eigenvalue weighted by atomic mass is 16.8. The number of carboxylic acids is 1. The lowest BCUT2D eigenvalue weighted by atomic mass is 9.32. The molecule has 0 radical (unpaired) electrons. The molecule has 7 fully saturated rings. The number of fused-ring (bicyclic) bond motifs is 7. The van der Waals surface area contributed by atoms with Gasteiger partial charge < -0.3 is 99.2 Å². The van der Waals surface area contributed by atoms with E-state index in [4.69, 9.17) is 37.9 Å². The smallest absolute Gasteiger partial charge is 0.335 e. The van der Waals surface area contributed by atoms with Crippen molar-refractivity contribution in [3.05, 3.63) is 23.3 Å². The summed E-state index contributed by atoms with van der Waals surface area (Å²) in [5.41, 5.74) is -4.56. The van der Waals surface area contributed by atoms with E-state index in [1.165, 1.54) is 0 Å². The molecule has 26 atom stereocenters. The van der Waals surface area contributed by atoms with Gasteiger partial charge in [-0.1, -0.05) is 80.0 Å². The number of esters is 2. The van der Waals surface area contributed by atoms with E-state index in [0.29, 0.717) is 44.1 Å². The van der Waals surface area contributed by atoms with Gasteiger partial charge in [-0.3, -0.25) is 4.79 Å². The van der Waals surface area contributed by atoms with E-state index in [9.17, 15) is 75.7 Å². The molecule has 8 aliphatic rings. The first-order chi connectivity index (χ1) is 36.8. The minimum atomic E-state index is -2.12. The maximum absolute atomic E-state index is 13.7. The van der Waals surface area contributed by atoms with Crippen LogP contribution in [0.3, 0.4) is 0 Å². The molecule has 12 N–H and O–H groups in total. The molecular formula is C56H88O23. The third-order valence-corrected chi connectivity index (χ3v) is 21.1. The minimum absolute atomic E-state index is 0.145. The van der Waals surface area contributed by atoms with Crippen LogP contribution in [0.4, 0.5) is 0 Å². The molecule has 0 bridgehead atoms. The molecule has 5 aliphatic carbocycles. The number of carboxylic acid groups (broad SMARTS) is 1. The first-order valence-electron chi connectivity index (χ1n) is 28.0. The summed E-state index contributed by atoms with van der Waals surface area (Å²) in [5, 5.41) is 134. The summed E-state index contributed by atoms with van der Waals surface area (Å²) >= 11 is 0. The molecule has 4 saturated carbocycles. The highest BCUT2D eigenvalue weighted by Gasteiger charge is 2.76. The quantitative estimate of drug-likeness (QED) is 0.0470. The van der Waals surface area contributed by atoms with Gasteiger partial charge in [0.05, 0.1) is 49.5 Å². The summed E-state index contributed by atoms with van der Waals surface area (Å²) in [5.74, 6) is -4.49. The molecule has 3 heterocycles. The van der Waals surface area contributed by atoms with Crippen LogP contribution in [-0.4, -0.2) is 216 Å². The van der Waals surface area contributed by atoms with E-state index in [1.807, 2.05) is 34.6 Å². The summed E-state index contributed by atoms with van der Waals surface area (Å²) < 4.78 is 49.0. The van der Waals surface area contributed by atoms with Gasteiger partial charge in [0.15, 0.2) is 31.1 Å². The molecule has 0 aromatic carbocycles. The van der Waals surface area contributed by atoms with Crippen molar-refractivity contribution in [3.63, 3.8) is 0 Å². The van der Waals surface area contributed by atoms with Gasteiger partial charge in [0, 0.05) is 16.4 Å². The summed E-state index contributed by atoms with van der Waals surface area (Å²) in [4.78, 5) is 40.1. The van der Waals surface area contributed by atoms with Gasteiger partial charge in [0.2, 0.25) is 0 Å². The number of hydrogen-bond acceptors (Lipinski definition) is 22. The Hall–Kier alpha value is -2.79. The molecule has 3 saturated heterocycles. The number of carbonyl (C=O) groups is 3. The van der Waals surface area contributed by atoms with E-state index in [1.54, 1.807) is 33.8 Å². The normalized spacial score (nSPS) is 49.4. The second kappa shape index (κ2) is 22.3. The summed E-state index contributed by atoms with van der Waals surface area (Å²) in [6, 6.07) is 0. The molecule has 0 aromatic rings. The molecule has 0 aromatic heterocycles. The van der Waals surface area contributed by atoms with Gasteiger partial charge >= 0.3 is 17.9 Å². The third kappa shape index (κ3) is 9.76. The van der Waals surface area contributed by atoms with E-state index in [2.05, 4.69) is 19.9 Å². The Morgan fingerprint density at radius 3 is 1.84 bits per heavy atom. The van der Waals surface area contributed by atoms with Gasteiger partial charge in [-0.15, -0.1) is 0 Å². The van der Waals surface area contributed by atoms with Crippen molar-refractivity contribution < 1.29 is 114 Å². The van der Waals surface area contributed by atoms with Crippen molar-refractivity contribution >= 4 is 17.9 Å². The van der Waals surface area contributed by atoms with Crippen LogP contribution in [0.5, 0.6) is 0 Å². The summed E-state index contributed by atoms with van der Waals surface area (Å²) in [6.07, 6.45) is -25.3. The van der Waals surface area contributed by atoms with Crippen LogP contribution >= 0.6 is 0 Å². The van der Waals surface area contributed by atoms with E-state index in [-0.39, 0.29) is 11.8 Å². The number of rotatable bonds is 14. The summed E-state index contributed by atoms with van der Waals surface area (Å²) in [6.45, 7) is 18.5. The van der Waals surface area contributed by atoms with Crippen molar-refractivity contribution in [2.24, 2.45) is 56.2 Å². The van der Waals surface area contributed by atoms with Crippen LogP contribution in [0, 0.1) is 56.2 Å². The number of allylic oxidation sites excluding steroid dienone is 2. The van der Waals surface area contributed by atoms with E-state index >= 15 is 0 Å². The Balaban J connectivity index is 1.14. The Kier molecular flexibility index (Phi) is 17.6. The first kappa shape index (κ1) is 62.3. The molecule has 450 valence electrons. The Morgan fingerprint density at radius 1 is 0.696 bits per heavy atom. The Morgan fingerprint density at radius 2 is 1.28 bits per heavy atom. The van der Waals surface area contributed by atoms with Crippen molar-refractivity contribution in [1.82, 2.24) is 0 Å². The number of aliphatic hydroxyl groups is 11. The average Bonchev–Trinajstić information content (AvgIpc) is 3.35. The second-order valence-electron chi connectivity index (χ2n) is 26.2. The average molecular weight is 1130 g/mol. The van der Waals surface area contributed by atoms with Crippen LogP contribution in [-0.2, 0) is 52.3 Å². The molecule has 23 nitrogen and oxygen atoms in total. The molecule has 0 amide bonds. The molecule has 8 unspecified atom stereocenters. The largest absolute Gasteiger partial charge is 0.479 e. The minimum Gasteiger partial charge on any atom is -0.479 e. The number of aliphatic hydroxyl groups excluding tert-OH is 11. The van der Waals surface area contributed by atoms with Gasteiger partial charge in [-0.2, -0.15) is 0 Å². The number of carbonyl (C=O) groups excluding carboxylic acids is 2. The number of aliphatic carboxylic acids is 1. The predicted molar refractivity (Wildman–Crippen MR) is 272 cm³/mol. The standard InChI is InChI=1S/C56H88O23/c1-12-24(4)47(71)78-43-44(79-46(70)23(2)3)56(22-59)26(19-51(43,5)6)25-13-14-30-53(9)17-16-31(52(7,8)29(53)15-18-54(30,10)55(25,11)41(66)42(56)67)74-50-40(77-49-36(64)34(62)32(60)27(20-57)72-49)38(37(65)39(76-50)45(68)69)75-48-35(63)33(61)28(21-58)73-48/h12-13,23,26-44,48-50,57-67H,14-22H2,1-11H3,(H,68,69)/b24-12-/t26?,27?,28-,29?,30?,31-,32-,33?,34?,35-,36-,37-,38?,39?,40-,41-,42+,43-,44-,48-,49-,50+,53-,54+,55-,56-/m0/s1. The fourth-order valence-electron chi connectivity index (χ4n) is 16.2. The molecule has 0 spiro atoms. The molecule has 23 heteroatoms. The third-order valence-electron chi connectivity index (χ3n) is 21.1. The molecular weight excluding hydrogens is 1040 g/mol. The maximum atomic E-state index is 13.7. The number of ether oxygens (including phenoxy) is 8. The van der Waals surface area contributed by atoms with Gasteiger partial charge in [0.25, 0.3) is 0 Å². The number of hydrogen-bond donors (Lipinski definition) is 12. The van der Waals surface area contributed by atoms with Gasteiger partial charge in [-0.25, -0.2) is 9.59 Å². The van der Waals surface area contributed by atoms with Crippen molar-refractivity contribution in [2.45, 2.75) is 231 Å². The Bertz CT molecular complexity index is 2310. The fourth-order valence-corrected chi connectivity index (χ4v) is 16.2. The topological polar surface area (TPSA) is 368 Å². The maximum Gasteiger partial charge on any atom is 0.335 e. The molecule has 8 rings (SSSR count). The van der Waals surface area contributed by atoms with Gasteiger partial charge in [0.1, 0.15) is 67.1 Å². The van der Waals surface area contributed by atoms with E-state index in [0.717, 1.165) is 5.57 Å². The van der Waals surface area contributed by atoms with Crippen LogP contribution in [0.2, 0.25) is 0 Å². The monoisotopic (exact) mass is 1130 g/mol. The van der Waals surface area contributed by atoms with Crippen LogP contribution in [0.25, 0.3) is 0 Å². The zero-order valence-electron chi connectivity index (χ0n) is 47.2. The fraction of sp³-hybridized carbons (Fsp3) is 0.875. The zero-order chi connectivity index (χ0) is 58.6. The lowest BCUT2D eigenvalue weighted by Crippen LogP contribution is -2.76. The van der Waals surface area contributed by atoms with Gasteiger partial charge in [-0.05, 0) is 86.4 Å². The van der Waals surface area contributed by atoms with Crippen molar-refractivity contribution in [1.29, 1.82) is 0 Å². The van der Waals surface area contributed by atoms with Crippen LogP contribution < -0.4 is 0 Å². The lowest BCUT2D eigenvalue weighted by Gasteiger charge is -2.73. The lowest BCUT2D eigenvalue weighted by molar-refractivity contribution is -0.386. The van der Waals surface area contributed by atoms with Crippen LogP contribution in [0.15, 0.2) is 23.3 Å². The Labute approximate surface area is 460 Å². The zero-order valence-corrected chi connectivity index (χ0v) is 47.2. The highest BCUT2D eigenvalue weighted by Crippen LogP contribution is 2.76. The van der Waals surface area contributed by atoms with Crippen molar-refractivity contribution in [3.8, 4) is 0 Å². The first-order valence-corrected chi connectivity index (χ1v) is 28.0. The van der Waals surface area contributed by atoms with E-state index < -0.39 is 199 Å². The highest BCUT2D eigenvalue weighted by molar-refractivity contribution is 5.87. The predicted octanol–water partition coefficient (Wildman–Crippen LogP) is -0.0475. The SMILES string of the molecule is C/C=C(/C)C(=O)O[C@H]1[C@H](OC(=O)C(C)C)[C@@]2(CO)C(CC1(C)C)C1=CCC3[C@@]4(C)CC[C@H](O[C@@H]5OC(C(=O)O)[C@@H](O)C(O[C@@H]6O[C@@H](CO)C(O)[C@@H]6O)[C@@H]5O[C@@H]5OC(CO)[C@H](O)C(O)[C@@H]5O)C(C)(C)C4CC[C@@]3(C)[C@]1(C)[C@@H](O)[C@H]2O. The summed E-state index contributed by atoms with van der Waals surface area (Å²) in [7, 11) is 0. The second-order valence-corrected chi connectivity index (χ2v) is 26.2. The van der Waals surface area contributed by atoms with Crippen molar-refractivity contribution in [2.75, 3.05) is 19.8 Å². The molecule has 3 aliphatic heterocycles. The van der Waals surface area contributed by atoms with Crippen LogP contribution in [0.1, 0.15) is 115 Å².